The average Bonchev–Trinajstić information content (AvgIpc) is 2.71. The van der Waals surface area contributed by atoms with E-state index >= 15 is 0 Å². The van der Waals surface area contributed by atoms with Gasteiger partial charge in [-0.3, -0.25) is 0 Å². The van der Waals surface area contributed by atoms with Gasteiger partial charge in [0.1, 0.15) is 5.82 Å². The van der Waals surface area contributed by atoms with Gasteiger partial charge >= 0.3 is 0 Å². The highest BCUT2D eigenvalue weighted by Gasteiger charge is 1.99. The van der Waals surface area contributed by atoms with Crippen LogP contribution >= 0.6 is 0 Å². The van der Waals surface area contributed by atoms with Crippen molar-refractivity contribution >= 4 is 5.82 Å². The van der Waals surface area contributed by atoms with E-state index in [0.29, 0.717) is 18.9 Å². The zero-order chi connectivity index (χ0) is 10.5. The van der Waals surface area contributed by atoms with Crippen molar-refractivity contribution in [1.29, 1.82) is 0 Å². The fourth-order valence-corrected chi connectivity index (χ4v) is 1.15. The molecule has 0 fully saturated rings. The van der Waals surface area contributed by atoms with Gasteiger partial charge in [0.05, 0.1) is 6.20 Å². The summed E-state index contributed by atoms with van der Waals surface area (Å²) in [7, 11) is 0. The molecule has 0 radical (unpaired) electrons. The van der Waals surface area contributed by atoms with E-state index in [1.54, 1.807) is 6.20 Å². The third-order valence-corrected chi connectivity index (χ3v) is 1.84. The molecular weight excluding hydrogens is 194 g/mol. The van der Waals surface area contributed by atoms with Crippen LogP contribution in [0.15, 0.2) is 23.1 Å². The summed E-state index contributed by atoms with van der Waals surface area (Å²) in [5.41, 5.74) is 1.07. The Kier molecular flexibility index (Phi) is 2.87. The maximum Gasteiger partial charge on any atom is 0.228 e. The second-order valence-electron chi connectivity index (χ2n) is 3.13. The van der Waals surface area contributed by atoms with Gasteiger partial charge in [-0.1, -0.05) is 5.16 Å². The van der Waals surface area contributed by atoms with Gasteiger partial charge in [-0.05, 0) is 18.6 Å². The molecule has 0 saturated heterocycles. The van der Waals surface area contributed by atoms with Crippen LogP contribution < -0.4 is 5.32 Å². The zero-order valence-electron chi connectivity index (χ0n) is 8.34. The Morgan fingerprint density at radius 3 is 3.13 bits per heavy atom. The Labute approximate surface area is 86.7 Å². The van der Waals surface area contributed by atoms with E-state index in [2.05, 4.69) is 25.7 Å². The molecule has 2 aromatic rings. The molecular formula is C9H11N5O. The van der Waals surface area contributed by atoms with Gasteiger partial charge in [0.15, 0.2) is 6.33 Å². The fourth-order valence-electron chi connectivity index (χ4n) is 1.15. The summed E-state index contributed by atoms with van der Waals surface area (Å²) in [6.45, 7) is 2.66. The number of rotatable bonds is 4. The van der Waals surface area contributed by atoms with Crippen LogP contribution in [0.2, 0.25) is 0 Å². The largest absolute Gasteiger partial charge is 0.368 e. The summed E-state index contributed by atoms with van der Waals surface area (Å²) in [5, 5.41) is 14.4. The molecule has 0 atom stereocenters. The topological polar surface area (TPSA) is 76.7 Å². The predicted octanol–water partition coefficient (Wildman–Crippen LogP) is 0.823. The standard InChI is InChI=1S/C9H11N5O/c1-7-4-8(14-12-5-7)10-3-2-9-11-6-13-15-9/h4-6H,2-3H2,1H3,(H,10,14). The quantitative estimate of drug-likeness (QED) is 0.796. The van der Waals surface area contributed by atoms with Gasteiger partial charge in [-0.25, -0.2) is 0 Å². The Balaban J connectivity index is 1.83. The van der Waals surface area contributed by atoms with Gasteiger partial charge in [0, 0.05) is 13.0 Å². The van der Waals surface area contributed by atoms with E-state index in [0.717, 1.165) is 11.4 Å². The molecule has 0 saturated carbocycles. The molecule has 0 aliphatic carbocycles. The van der Waals surface area contributed by atoms with Crippen LogP contribution in [0.1, 0.15) is 11.5 Å². The Bertz CT molecular complexity index is 414. The summed E-state index contributed by atoms with van der Waals surface area (Å²) in [6.07, 6.45) is 3.78. The number of aromatic nitrogens is 4. The van der Waals surface area contributed by atoms with E-state index < -0.39 is 0 Å². The Morgan fingerprint density at radius 2 is 2.40 bits per heavy atom. The number of nitrogens with zero attached hydrogens (tertiary/aromatic N) is 4. The number of hydrogen-bond donors (Lipinski definition) is 1. The highest BCUT2D eigenvalue weighted by Crippen LogP contribution is 2.03. The molecule has 15 heavy (non-hydrogen) atoms. The van der Waals surface area contributed by atoms with Gasteiger partial charge in [-0.2, -0.15) is 10.1 Å². The second-order valence-corrected chi connectivity index (χ2v) is 3.13. The second kappa shape index (κ2) is 4.50. The zero-order valence-corrected chi connectivity index (χ0v) is 8.34. The predicted molar refractivity (Wildman–Crippen MR) is 53.3 cm³/mol. The van der Waals surface area contributed by atoms with Crippen LogP contribution in [0.4, 0.5) is 5.82 Å². The van der Waals surface area contributed by atoms with Crippen molar-refractivity contribution in [3.8, 4) is 0 Å². The lowest BCUT2D eigenvalue weighted by molar-refractivity contribution is 0.379. The summed E-state index contributed by atoms with van der Waals surface area (Å²) in [5.74, 6) is 1.37. The third-order valence-electron chi connectivity index (χ3n) is 1.84. The highest BCUT2D eigenvalue weighted by atomic mass is 16.5. The monoisotopic (exact) mass is 205 g/mol. The molecule has 78 valence electrons. The molecule has 0 spiro atoms. The van der Waals surface area contributed by atoms with Crippen LogP contribution in [0.3, 0.4) is 0 Å². The van der Waals surface area contributed by atoms with Crippen LogP contribution in [-0.4, -0.2) is 26.9 Å². The molecule has 1 N–H and O–H groups in total. The van der Waals surface area contributed by atoms with E-state index in [-0.39, 0.29) is 0 Å². The highest BCUT2D eigenvalue weighted by molar-refractivity contribution is 5.34. The van der Waals surface area contributed by atoms with Crippen molar-refractivity contribution in [3.63, 3.8) is 0 Å². The molecule has 2 heterocycles. The minimum Gasteiger partial charge on any atom is -0.368 e. The normalized spacial score (nSPS) is 10.2. The van der Waals surface area contributed by atoms with E-state index in [1.807, 2.05) is 13.0 Å². The van der Waals surface area contributed by atoms with Gasteiger partial charge < -0.3 is 9.84 Å². The van der Waals surface area contributed by atoms with Crippen LogP contribution in [0.5, 0.6) is 0 Å². The van der Waals surface area contributed by atoms with E-state index in [1.165, 1.54) is 6.33 Å². The lowest BCUT2D eigenvalue weighted by atomic mass is 10.3. The number of hydrogen-bond acceptors (Lipinski definition) is 6. The molecule has 0 unspecified atom stereocenters. The third kappa shape index (κ3) is 2.73. The summed E-state index contributed by atoms with van der Waals surface area (Å²) >= 11 is 0. The van der Waals surface area contributed by atoms with Crippen molar-refractivity contribution in [3.05, 3.63) is 30.0 Å². The van der Waals surface area contributed by atoms with Crippen molar-refractivity contribution in [1.82, 2.24) is 20.3 Å². The molecule has 6 heteroatoms. The summed E-state index contributed by atoms with van der Waals surface area (Å²) in [4.78, 5) is 3.91. The lowest BCUT2D eigenvalue weighted by Crippen LogP contribution is -2.07. The van der Waals surface area contributed by atoms with Gasteiger partial charge in [-0.15, -0.1) is 5.10 Å². The minimum absolute atomic E-state index is 0.614. The van der Waals surface area contributed by atoms with Crippen LogP contribution in [-0.2, 0) is 6.42 Å². The number of nitrogens with one attached hydrogen (secondary N) is 1. The molecule has 0 aliphatic heterocycles. The van der Waals surface area contributed by atoms with Crippen molar-refractivity contribution in [2.45, 2.75) is 13.3 Å². The molecule has 2 aromatic heterocycles. The van der Waals surface area contributed by atoms with Crippen molar-refractivity contribution < 1.29 is 4.52 Å². The Morgan fingerprint density at radius 1 is 1.47 bits per heavy atom. The first-order chi connectivity index (χ1) is 7.34. The molecule has 0 amide bonds. The molecule has 0 bridgehead atoms. The van der Waals surface area contributed by atoms with Crippen molar-refractivity contribution in [2.24, 2.45) is 0 Å². The average molecular weight is 205 g/mol. The minimum atomic E-state index is 0.614. The van der Waals surface area contributed by atoms with Crippen LogP contribution in [0, 0.1) is 6.92 Å². The van der Waals surface area contributed by atoms with E-state index in [4.69, 9.17) is 4.52 Å². The summed E-state index contributed by atoms with van der Waals surface area (Å²) in [6, 6.07) is 1.93. The molecule has 6 nitrogen and oxygen atoms in total. The molecule has 0 aliphatic rings. The van der Waals surface area contributed by atoms with Gasteiger partial charge in [0.25, 0.3) is 0 Å². The SMILES string of the molecule is Cc1cnnc(NCCc2ncno2)c1. The molecule has 0 aromatic carbocycles. The maximum atomic E-state index is 4.86. The number of aryl methyl sites for hydroxylation is 1. The van der Waals surface area contributed by atoms with Gasteiger partial charge in [0.2, 0.25) is 5.89 Å². The number of anilines is 1. The smallest absolute Gasteiger partial charge is 0.228 e. The maximum absolute atomic E-state index is 4.86. The first kappa shape index (κ1) is 9.57. The van der Waals surface area contributed by atoms with Crippen LogP contribution in [0.25, 0.3) is 0 Å². The lowest BCUT2D eigenvalue weighted by Gasteiger charge is -2.02. The first-order valence-corrected chi connectivity index (χ1v) is 4.63. The molecule has 2 rings (SSSR count). The first-order valence-electron chi connectivity index (χ1n) is 4.63. The Hall–Kier alpha value is -1.98. The summed E-state index contributed by atoms with van der Waals surface area (Å²) < 4.78 is 4.86. The van der Waals surface area contributed by atoms with E-state index in [9.17, 15) is 0 Å². The fraction of sp³-hybridized carbons (Fsp3) is 0.333. The van der Waals surface area contributed by atoms with Crippen molar-refractivity contribution in [2.75, 3.05) is 11.9 Å².